The van der Waals surface area contributed by atoms with Gasteiger partial charge in [-0.2, -0.15) is 0 Å². The minimum atomic E-state index is -0.194. The van der Waals surface area contributed by atoms with Crippen molar-refractivity contribution in [2.24, 2.45) is 7.05 Å². The zero-order chi connectivity index (χ0) is 34.0. The van der Waals surface area contributed by atoms with Gasteiger partial charge < -0.3 is 0 Å². The van der Waals surface area contributed by atoms with Crippen molar-refractivity contribution in [2.45, 2.75) is 112 Å². The number of nitrogens with zero attached hydrogens (tertiary/aromatic N) is 4. The van der Waals surface area contributed by atoms with Crippen LogP contribution in [-0.4, -0.2) is 15.0 Å². The molecule has 0 spiro atoms. The Morgan fingerprint density at radius 1 is 0.587 bits per heavy atom. The van der Waals surface area contributed by atoms with E-state index in [9.17, 15) is 0 Å². The topological polar surface area (TPSA) is 42.6 Å². The molecule has 46 heavy (non-hydrogen) atoms. The van der Waals surface area contributed by atoms with Gasteiger partial charge in [0.25, 0.3) is 0 Å². The number of hydrogen-bond donors (Lipinski definition) is 0. The third-order valence-corrected chi connectivity index (χ3v) is 8.78. The van der Waals surface area contributed by atoms with Gasteiger partial charge in [0.05, 0.1) is 5.56 Å². The lowest BCUT2D eigenvalue weighted by Crippen LogP contribution is -2.32. The summed E-state index contributed by atoms with van der Waals surface area (Å²) in [6, 6.07) is 22.5. The summed E-state index contributed by atoms with van der Waals surface area (Å²) < 4.78 is 2.27. The van der Waals surface area contributed by atoms with Crippen LogP contribution in [0, 0.1) is 6.92 Å². The SMILES string of the molecule is Cc1cc2ccc(-c3nc(C(C)(C)C)nc(C(C)(C)C)n3)cc2c(C(C)(C)C)c1-c1cc(-c2ccccc2C(C)(C)C)cc[n+]1C. The molecule has 0 aliphatic carbocycles. The molecule has 5 rings (SSSR count). The maximum absolute atomic E-state index is 5.05. The highest BCUT2D eigenvalue weighted by atomic mass is 15.1. The minimum absolute atomic E-state index is 0.0371. The van der Waals surface area contributed by atoms with Gasteiger partial charge in [-0.25, -0.2) is 19.5 Å². The molecule has 2 heterocycles. The van der Waals surface area contributed by atoms with Crippen LogP contribution in [0.2, 0.25) is 0 Å². The molecule has 0 saturated carbocycles. The Bertz CT molecular complexity index is 1900. The first-order chi connectivity index (χ1) is 21.2. The van der Waals surface area contributed by atoms with Crippen LogP contribution in [0.3, 0.4) is 0 Å². The fraction of sp³-hybridized carbons (Fsp3) is 0.429. The zero-order valence-electron chi connectivity index (χ0n) is 30.6. The van der Waals surface area contributed by atoms with Gasteiger partial charge >= 0.3 is 0 Å². The summed E-state index contributed by atoms with van der Waals surface area (Å²) in [5, 5.41) is 2.47. The van der Waals surface area contributed by atoms with Crippen LogP contribution in [0.1, 0.15) is 111 Å². The molecule has 0 bridgehead atoms. The highest BCUT2D eigenvalue weighted by Crippen LogP contribution is 2.42. The minimum Gasteiger partial charge on any atom is -0.217 e. The first-order valence-electron chi connectivity index (χ1n) is 16.6. The second kappa shape index (κ2) is 11.4. The zero-order valence-corrected chi connectivity index (χ0v) is 30.6. The Hall–Kier alpha value is -3.92. The van der Waals surface area contributed by atoms with Crippen LogP contribution in [0.5, 0.6) is 0 Å². The molecular formula is C42H53N4+. The van der Waals surface area contributed by atoms with E-state index in [4.69, 9.17) is 15.0 Å². The van der Waals surface area contributed by atoms with E-state index in [-0.39, 0.29) is 21.7 Å². The maximum Gasteiger partial charge on any atom is 0.213 e. The molecule has 0 radical (unpaired) electrons. The van der Waals surface area contributed by atoms with E-state index in [1.54, 1.807) is 0 Å². The molecule has 3 aromatic carbocycles. The number of hydrogen-bond acceptors (Lipinski definition) is 3. The van der Waals surface area contributed by atoms with E-state index in [2.05, 4.69) is 168 Å². The lowest BCUT2D eigenvalue weighted by atomic mass is 9.77. The molecule has 0 unspecified atom stereocenters. The van der Waals surface area contributed by atoms with Gasteiger partial charge in [0.15, 0.2) is 12.0 Å². The van der Waals surface area contributed by atoms with Crippen molar-refractivity contribution in [3.8, 4) is 33.8 Å². The second-order valence-corrected chi connectivity index (χ2v) is 17.1. The van der Waals surface area contributed by atoms with Gasteiger partial charge in [0.2, 0.25) is 5.69 Å². The first kappa shape index (κ1) is 33.4. The average molecular weight is 614 g/mol. The molecule has 0 amide bonds. The number of pyridine rings is 1. The summed E-state index contributed by atoms with van der Waals surface area (Å²) in [4.78, 5) is 15.0. The van der Waals surface area contributed by atoms with Gasteiger partial charge in [0, 0.05) is 28.5 Å². The molecule has 2 aromatic heterocycles. The molecule has 0 saturated heterocycles. The van der Waals surface area contributed by atoms with Crippen molar-refractivity contribution < 1.29 is 4.57 Å². The smallest absolute Gasteiger partial charge is 0.213 e. The number of fused-ring (bicyclic) bond motifs is 1. The Morgan fingerprint density at radius 3 is 1.76 bits per heavy atom. The summed E-state index contributed by atoms with van der Waals surface area (Å²) in [5.41, 5.74) is 9.52. The number of aryl methyl sites for hydroxylation is 2. The highest BCUT2D eigenvalue weighted by molar-refractivity contribution is 5.96. The lowest BCUT2D eigenvalue weighted by Gasteiger charge is -2.27. The summed E-state index contributed by atoms with van der Waals surface area (Å²) in [7, 11) is 2.16. The fourth-order valence-electron chi connectivity index (χ4n) is 6.33. The summed E-state index contributed by atoms with van der Waals surface area (Å²) in [6.45, 7) is 29.1. The normalized spacial score (nSPS) is 13.0. The van der Waals surface area contributed by atoms with Gasteiger partial charge in [-0.05, 0) is 62.4 Å². The monoisotopic (exact) mass is 613 g/mol. The Morgan fingerprint density at radius 2 is 1.20 bits per heavy atom. The molecule has 4 nitrogen and oxygen atoms in total. The van der Waals surface area contributed by atoms with Gasteiger partial charge in [-0.1, -0.05) is 126 Å². The Labute approximate surface area is 277 Å². The maximum atomic E-state index is 5.05. The van der Waals surface area contributed by atoms with Crippen LogP contribution in [-0.2, 0) is 28.7 Å². The van der Waals surface area contributed by atoms with Crippen LogP contribution in [0.15, 0.2) is 66.9 Å². The quantitative estimate of drug-likeness (QED) is 0.190. The van der Waals surface area contributed by atoms with Crippen molar-refractivity contribution in [1.29, 1.82) is 0 Å². The van der Waals surface area contributed by atoms with Crippen molar-refractivity contribution in [3.05, 3.63) is 95.2 Å². The predicted molar refractivity (Wildman–Crippen MR) is 194 cm³/mol. The number of rotatable bonds is 3. The number of aromatic nitrogens is 4. The Kier molecular flexibility index (Phi) is 8.29. The first-order valence-corrected chi connectivity index (χ1v) is 16.6. The molecular weight excluding hydrogens is 560 g/mol. The lowest BCUT2D eigenvalue weighted by molar-refractivity contribution is -0.660. The third-order valence-electron chi connectivity index (χ3n) is 8.78. The summed E-state index contributed by atoms with van der Waals surface area (Å²) in [6.07, 6.45) is 2.21. The molecule has 0 N–H and O–H groups in total. The number of benzene rings is 3. The van der Waals surface area contributed by atoms with E-state index < -0.39 is 0 Å². The van der Waals surface area contributed by atoms with Crippen LogP contribution in [0.25, 0.3) is 44.5 Å². The molecule has 5 aromatic rings. The van der Waals surface area contributed by atoms with Crippen molar-refractivity contribution in [2.75, 3.05) is 0 Å². The molecule has 0 aliphatic heterocycles. The molecule has 4 heteroatoms. The average Bonchev–Trinajstić information content (AvgIpc) is 2.94. The van der Waals surface area contributed by atoms with Crippen molar-refractivity contribution in [3.63, 3.8) is 0 Å². The third kappa shape index (κ3) is 6.49. The van der Waals surface area contributed by atoms with Crippen LogP contribution >= 0.6 is 0 Å². The highest BCUT2D eigenvalue weighted by Gasteiger charge is 2.30. The summed E-state index contributed by atoms with van der Waals surface area (Å²) in [5.74, 6) is 2.38. The predicted octanol–water partition coefficient (Wildman–Crippen LogP) is 10.3. The van der Waals surface area contributed by atoms with E-state index in [1.807, 2.05) is 0 Å². The van der Waals surface area contributed by atoms with Crippen molar-refractivity contribution >= 4 is 10.8 Å². The second-order valence-electron chi connectivity index (χ2n) is 17.1. The molecule has 0 atom stereocenters. The molecule has 240 valence electrons. The largest absolute Gasteiger partial charge is 0.217 e. The van der Waals surface area contributed by atoms with E-state index >= 15 is 0 Å². The molecule has 0 fully saturated rings. The van der Waals surface area contributed by atoms with Gasteiger partial charge in [-0.15, -0.1) is 0 Å². The van der Waals surface area contributed by atoms with Crippen LogP contribution < -0.4 is 4.57 Å². The van der Waals surface area contributed by atoms with E-state index in [1.165, 1.54) is 49.8 Å². The Balaban J connectivity index is 1.81. The summed E-state index contributed by atoms with van der Waals surface area (Å²) >= 11 is 0. The van der Waals surface area contributed by atoms with Crippen molar-refractivity contribution in [1.82, 2.24) is 15.0 Å². The van der Waals surface area contributed by atoms with E-state index in [0.29, 0.717) is 0 Å². The van der Waals surface area contributed by atoms with Crippen LogP contribution in [0.4, 0.5) is 0 Å². The van der Waals surface area contributed by atoms with Gasteiger partial charge in [0.1, 0.15) is 18.7 Å². The molecule has 0 aliphatic rings. The van der Waals surface area contributed by atoms with Gasteiger partial charge in [-0.3, -0.25) is 0 Å². The van der Waals surface area contributed by atoms with E-state index in [0.717, 1.165) is 23.0 Å². The fourth-order valence-corrected chi connectivity index (χ4v) is 6.33. The standard InChI is InChI=1S/C42H53N4/c1-26-23-27-19-20-29(36-43-37(41(8,9)10)45-38(44-36)42(11,12)13)24-31(27)35(40(5,6)7)34(26)33-25-28(21-22-46(33)14)30-17-15-16-18-32(30)39(2,3)4/h15-25H,1-14H3/q+1.